The van der Waals surface area contributed by atoms with Crippen molar-refractivity contribution in [1.29, 1.82) is 0 Å². The standard InChI is InChI=1S/C11H14N4O2S/c1-7-5-18-8(15-7)3-4-12-10-9(17-2)11(16)14-6-13-10/h5-6H,3-4H2,1-2H3,(H2,12,13,14,16). The van der Waals surface area contributed by atoms with E-state index in [1.165, 1.54) is 13.4 Å². The normalized spacial score (nSPS) is 10.3. The van der Waals surface area contributed by atoms with Crippen LogP contribution in [0.4, 0.5) is 5.82 Å². The van der Waals surface area contributed by atoms with E-state index in [2.05, 4.69) is 20.3 Å². The van der Waals surface area contributed by atoms with Crippen molar-refractivity contribution in [3.63, 3.8) is 0 Å². The summed E-state index contributed by atoms with van der Waals surface area (Å²) in [4.78, 5) is 22.3. The summed E-state index contributed by atoms with van der Waals surface area (Å²) in [5.74, 6) is 0.655. The summed E-state index contributed by atoms with van der Waals surface area (Å²) >= 11 is 1.63. The van der Waals surface area contributed by atoms with Crippen molar-refractivity contribution in [1.82, 2.24) is 15.0 Å². The van der Waals surface area contributed by atoms with E-state index in [9.17, 15) is 4.79 Å². The maximum absolute atomic E-state index is 11.4. The zero-order valence-corrected chi connectivity index (χ0v) is 11.0. The molecule has 2 aromatic heterocycles. The molecule has 0 aliphatic carbocycles. The fraction of sp³-hybridized carbons (Fsp3) is 0.364. The van der Waals surface area contributed by atoms with E-state index in [1.54, 1.807) is 11.3 Å². The molecular weight excluding hydrogens is 252 g/mol. The van der Waals surface area contributed by atoms with Crippen LogP contribution in [0.1, 0.15) is 10.7 Å². The second-order valence-corrected chi connectivity index (χ2v) is 4.62. The molecule has 0 saturated heterocycles. The molecule has 0 saturated carbocycles. The summed E-state index contributed by atoms with van der Waals surface area (Å²) in [7, 11) is 1.45. The average molecular weight is 266 g/mol. The predicted molar refractivity (Wildman–Crippen MR) is 70.5 cm³/mol. The van der Waals surface area contributed by atoms with Gasteiger partial charge in [0, 0.05) is 24.0 Å². The fourth-order valence-electron chi connectivity index (χ4n) is 1.51. The molecule has 0 radical (unpaired) electrons. The number of aromatic amines is 1. The number of thiazole rings is 1. The number of hydrogen-bond donors (Lipinski definition) is 2. The van der Waals surface area contributed by atoms with E-state index in [1.807, 2.05) is 12.3 Å². The van der Waals surface area contributed by atoms with Crippen molar-refractivity contribution < 1.29 is 4.74 Å². The largest absolute Gasteiger partial charge is 0.489 e. The minimum Gasteiger partial charge on any atom is -0.489 e. The van der Waals surface area contributed by atoms with Crippen LogP contribution < -0.4 is 15.6 Å². The van der Waals surface area contributed by atoms with Crippen LogP contribution in [0.25, 0.3) is 0 Å². The number of aromatic nitrogens is 3. The zero-order valence-electron chi connectivity index (χ0n) is 10.2. The Hall–Kier alpha value is -1.89. The fourth-order valence-corrected chi connectivity index (χ4v) is 2.28. The Morgan fingerprint density at radius 3 is 3.06 bits per heavy atom. The molecule has 0 aromatic carbocycles. The number of H-pyrrole nitrogens is 1. The quantitative estimate of drug-likeness (QED) is 0.850. The van der Waals surface area contributed by atoms with Gasteiger partial charge in [-0.3, -0.25) is 4.79 Å². The van der Waals surface area contributed by atoms with E-state index in [-0.39, 0.29) is 11.3 Å². The third-order valence-corrected chi connectivity index (χ3v) is 3.34. The first-order valence-corrected chi connectivity index (χ1v) is 6.35. The summed E-state index contributed by atoms with van der Waals surface area (Å²) in [6, 6.07) is 0. The lowest BCUT2D eigenvalue weighted by molar-refractivity contribution is 0.408. The third-order valence-electron chi connectivity index (χ3n) is 2.31. The number of ether oxygens (including phenoxy) is 1. The highest BCUT2D eigenvalue weighted by molar-refractivity contribution is 7.09. The van der Waals surface area contributed by atoms with E-state index in [4.69, 9.17) is 4.74 Å². The van der Waals surface area contributed by atoms with Gasteiger partial charge in [0.1, 0.15) is 0 Å². The number of anilines is 1. The minimum atomic E-state index is -0.292. The van der Waals surface area contributed by atoms with Crippen LogP contribution in [0, 0.1) is 6.92 Å². The Morgan fingerprint density at radius 2 is 2.39 bits per heavy atom. The first-order chi connectivity index (χ1) is 8.70. The molecule has 2 rings (SSSR count). The zero-order chi connectivity index (χ0) is 13.0. The van der Waals surface area contributed by atoms with E-state index in [0.717, 1.165) is 17.1 Å². The topological polar surface area (TPSA) is 79.9 Å². The molecule has 6 nitrogen and oxygen atoms in total. The number of nitrogens with zero attached hydrogens (tertiary/aromatic N) is 2. The van der Waals surface area contributed by atoms with Crippen molar-refractivity contribution in [3.8, 4) is 5.75 Å². The first-order valence-electron chi connectivity index (χ1n) is 5.47. The van der Waals surface area contributed by atoms with Crippen LogP contribution in [0.3, 0.4) is 0 Å². The SMILES string of the molecule is COc1c(NCCc2nc(C)cs2)nc[nH]c1=O. The van der Waals surface area contributed by atoms with Gasteiger partial charge < -0.3 is 15.0 Å². The Balaban J connectivity index is 1.98. The number of methoxy groups -OCH3 is 1. The Morgan fingerprint density at radius 1 is 1.56 bits per heavy atom. The highest BCUT2D eigenvalue weighted by atomic mass is 32.1. The molecule has 7 heteroatoms. The van der Waals surface area contributed by atoms with Gasteiger partial charge in [-0.25, -0.2) is 9.97 Å². The van der Waals surface area contributed by atoms with E-state index >= 15 is 0 Å². The van der Waals surface area contributed by atoms with Crippen LogP contribution in [0.15, 0.2) is 16.5 Å². The summed E-state index contributed by atoms with van der Waals surface area (Å²) in [6.07, 6.45) is 2.14. The van der Waals surface area contributed by atoms with Crippen LogP contribution in [0.5, 0.6) is 5.75 Å². The maximum atomic E-state index is 11.4. The number of hydrogen-bond acceptors (Lipinski definition) is 6. The van der Waals surface area contributed by atoms with Gasteiger partial charge in [-0.15, -0.1) is 11.3 Å². The second kappa shape index (κ2) is 5.63. The Bertz CT molecular complexity index is 578. The molecule has 0 atom stereocenters. The van der Waals surface area contributed by atoms with Crippen LogP contribution in [-0.2, 0) is 6.42 Å². The molecule has 2 N–H and O–H groups in total. The van der Waals surface area contributed by atoms with E-state index in [0.29, 0.717) is 12.4 Å². The smallest absolute Gasteiger partial charge is 0.295 e. The van der Waals surface area contributed by atoms with Crippen LogP contribution in [-0.4, -0.2) is 28.6 Å². The lowest BCUT2D eigenvalue weighted by atomic mass is 10.4. The molecule has 0 unspecified atom stereocenters. The predicted octanol–water partition coefficient (Wildman–Crippen LogP) is 1.20. The molecule has 0 fully saturated rings. The van der Waals surface area contributed by atoms with Gasteiger partial charge in [0.15, 0.2) is 5.82 Å². The van der Waals surface area contributed by atoms with Crippen molar-refractivity contribution in [2.24, 2.45) is 0 Å². The number of aryl methyl sites for hydroxylation is 1. The van der Waals surface area contributed by atoms with Gasteiger partial charge in [-0.1, -0.05) is 0 Å². The molecule has 0 aliphatic rings. The van der Waals surface area contributed by atoms with Gasteiger partial charge in [0.25, 0.3) is 5.56 Å². The Kier molecular flexibility index (Phi) is 3.93. The first kappa shape index (κ1) is 12.6. The average Bonchev–Trinajstić information content (AvgIpc) is 2.75. The van der Waals surface area contributed by atoms with Crippen molar-refractivity contribution in [2.45, 2.75) is 13.3 Å². The summed E-state index contributed by atoms with van der Waals surface area (Å²) in [5.41, 5.74) is 0.738. The van der Waals surface area contributed by atoms with Gasteiger partial charge in [-0.05, 0) is 6.92 Å². The lowest BCUT2D eigenvalue weighted by Crippen LogP contribution is -2.15. The lowest BCUT2D eigenvalue weighted by Gasteiger charge is -2.07. The second-order valence-electron chi connectivity index (χ2n) is 3.67. The summed E-state index contributed by atoms with van der Waals surface area (Å²) in [5, 5.41) is 6.15. The summed E-state index contributed by atoms with van der Waals surface area (Å²) in [6.45, 7) is 2.62. The van der Waals surface area contributed by atoms with Gasteiger partial charge in [0.05, 0.1) is 18.4 Å². The van der Waals surface area contributed by atoms with E-state index < -0.39 is 0 Å². The minimum absolute atomic E-state index is 0.202. The monoisotopic (exact) mass is 266 g/mol. The molecule has 0 bridgehead atoms. The van der Waals surface area contributed by atoms with Gasteiger partial charge >= 0.3 is 0 Å². The molecule has 96 valence electrons. The maximum Gasteiger partial charge on any atom is 0.295 e. The van der Waals surface area contributed by atoms with Crippen LogP contribution in [0.2, 0.25) is 0 Å². The van der Waals surface area contributed by atoms with Crippen LogP contribution >= 0.6 is 11.3 Å². The van der Waals surface area contributed by atoms with Crippen molar-refractivity contribution in [2.75, 3.05) is 19.0 Å². The molecule has 0 spiro atoms. The number of rotatable bonds is 5. The third kappa shape index (κ3) is 2.86. The molecule has 2 heterocycles. The Labute approximate surface area is 108 Å². The molecule has 18 heavy (non-hydrogen) atoms. The van der Waals surface area contributed by atoms with Gasteiger partial charge in [-0.2, -0.15) is 0 Å². The number of nitrogens with one attached hydrogen (secondary N) is 2. The van der Waals surface area contributed by atoms with Crippen molar-refractivity contribution in [3.05, 3.63) is 32.8 Å². The molecule has 2 aromatic rings. The molecule has 0 amide bonds. The molecular formula is C11H14N4O2S. The van der Waals surface area contributed by atoms with Crippen molar-refractivity contribution >= 4 is 17.2 Å². The highest BCUT2D eigenvalue weighted by Crippen LogP contribution is 2.15. The molecule has 0 aliphatic heterocycles. The van der Waals surface area contributed by atoms with Gasteiger partial charge in [0.2, 0.25) is 5.75 Å². The summed E-state index contributed by atoms with van der Waals surface area (Å²) < 4.78 is 5.00. The highest BCUT2D eigenvalue weighted by Gasteiger charge is 2.08.